The summed E-state index contributed by atoms with van der Waals surface area (Å²) in [6.45, 7) is 6.96. The zero-order valence-electron chi connectivity index (χ0n) is 14.9. The number of hydrogen-bond donors (Lipinski definition) is 1. The second-order valence-electron chi connectivity index (χ2n) is 7.73. The minimum atomic E-state index is -0.395. The van der Waals surface area contributed by atoms with Crippen LogP contribution in [0.5, 0.6) is 5.75 Å². The summed E-state index contributed by atoms with van der Waals surface area (Å²) in [7, 11) is 0. The summed E-state index contributed by atoms with van der Waals surface area (Å²) >= 11 is 0. The Bertz CT molecular complexity index is 713. The average molecular weight is 344 g/mol. The Balaban J connectivity index is 1.66. The second-order valence-corrected chi connectivity index (χ2v) is 7.73. The Morgan fingerprint density at radius 3 is 2.52 bits per heavy atom. The van der Waals surface area contributed by atoms with Crippen LogP contribution >= 0.6 is 0 Å². The SMILES string of the molecule is CC(C)(C)C(=O)N1CCC(C(=O)c2ccc3c(c2)NC(=O)CO3)CC1. The predicted molar refractivity (Wildman–Crippen MR) is 93.7 cm³/mol. The molecule has 0 aromatic heterocycles. The molecule has 2 aliphatic rings. The van der Waals surface area contributed by atoms with Crippen molar-refractivity contribution in [2.24, 2.45) is 11.3 Å². The molecule has 25 heavy (non-hydrogen) atoms. The molecule has 2 amide bonds. The van der Waals surface area contributed by atoms with Crippen molar-refractivity contribution in [2.75, 3.05) is 25.0 Å². The van der Waals surface area contributed by atoms with Gasteiger partial charge in [-0.25, -0.2) is 0 Å². The highest BCUT2D eigenvalue weighted by molar-refractivity contribution is 6.01. The number of benzene rings is 1. The topological polar surface area (TPSA) is 75.7 Å². The van der Waals surface area contributed by atoms with Gasteiger partial charge in [0.1, 0.15) is 5.75 Å². The van der Waals surface area contributed by atoms with Gasteiger partial charge in [0.2, 0.25) is 5.91 Å². The molecule has 1 N–H and O–H groups in total. The maximum atomic E-state index is 12.8. The third kappa shape index (κ3) is 3.67. The first kappa shape index (κ1) is 17.5. The van der Waals surface area contributed by atoms with Crippen LogP contribution in [0.3, 0.4) is 0 Å². The van der Waals surface area contributed by atoms with Crippen LogP contribution in [0.15, 0.2) is 18.2 Å². The summed E-state index contributed by atoms with van der Waals surface area (Å²) in [5.74, 6) is 0.465. The van der Waals surface area contributed by atoms with Gasteiger partial charge < -0.3 is 15.0 Å². The zero-order chi connectivity index (χ0) is 18.2. The van der Waals surface area contributed by atoms with E-state index in [0.29, 0.717) is 42.9 Å². The van der Waals surface area contributed by atoms with E-state index in [4.69, 9.17) is 4.74 Å². The number of likely N-dealkylation sites (tertiary alicyclic amines) is 1. The van der Waals surface area contributed by atoms with E-state index in [0.717, 1.165) is 0 Å². The number of ketones is 1. The maximum absolute atomic E-state index is 12.8. The number of hydrogen-bond acceptors (Lipinski definition) is 4. The van der Waals surface area contributed by atoms with Gasteiger partial charge in [-0.05, 0) is 31.0 Å². The number of ether oxygens (including phenoxy) is 1. The van der Waals surface area contributed by atoms with Gasteiger partial charge in [0.05, 0.1) is 5.69 Å². The molecule has 1 aromatic carbocycles. The molecule has 2 heterocycles. The largest absolute Gasteiger partial charge is 0.482 e. The van der Waals surface area contributed by atoms with E-state index in [1.54, 1.807) is 18.2 Å². The van der Waals surface area contributed by atoms with Crippen molar-refractivity contribution < 1.29 is 19.1 Å². The molecule has 0 saturated carbocycles. The van der Waals surface area contributed by atoms with E-state index < -0.39 is 5.41 Å². The molecule has 3 rings (SSSR count). The van der Waals surface area contributed by atoms with Gasteiger partial charge in [0, 0.05) is 30.0 Å². The van der Waals surface area contributed by atoms with Crippen molar-refractivity contribution in [2.45, 2.75) is 33.6 Å². The first-order valence-electron chi connectivity index (χ1n) is 8.66. The van der Waals surface area contributed by atoms with Crippen molar-refractivity contribution in [1.29, 1.82) is 0 Å². The summed E-state index contributed by atoms with van der Waals surface area (Å²) in [6.07, 6.45) is 1.33. The third-order valence-electron chi connectivity index (χ3n) is 4.69. The molecule has 2 aliphatic heterocycles. The monoisotopic (exact) mass is 344 g/mol. The minimum Gasteiger partial charge on any atom is -0.482 e. The molecule has 1 aromatic rings. The zero-order valence-corrected chi connectivity index (χ0v) is 14.9. The Labute approximate surface area is 147 Å². The van der Waals surface area contributed by atoms with Crippen molar-refractivity contribution in [3.8, 4) is 5.75 Å². The molecule has 1 fully saturated rings. The highest BCUT2D eigenvalue weighted by Gasteiger charge is 2.33. The standard InChI is InChI=1S/C19H24N2O4/c1-19(2,3)18(24)21-8-6-12(7-9-21)17(23)13-4-5-15-14(10-13)20-16(22)11-25-15/h4-5,10,12H,6-9,11H2,1-3H3,(H,20,22). The number of carbonyl (C=O) groups is 3. The van der Waals surface area contributed by atoms with E-state index in [1.165, 1.54) is 0 Å². The van der Waals surface area contributed by atoms with Crippen LogP contribution < -0.4 is 10.1 Å². The summed E-state index contributed by atoms with van der Waals surface area (Å²) in [6, 6.07) is 5.15. The third-order valence-corrected chi connectivity index (χ3v) is 4.69. The molecule has 0 bridgehead atoms. The van der Waals surface area contributed by atoms with Gasteiger partial charge in [-0.3, -0.25) is 14.4 Å². The van der Waals surface area contributed by atoms with Crippen LogP contribution in [0.2, 0.25) is 0 Å². The highest BCUT2D eigenvalue weighted by Crippen LogP contribution is 2.31. The molecule has 0 atom stereocenters. The quantitative estimate of drug-likeness (QED) is 0.836. The lowest BCUT2D eigenvalue weighted by atomic mass is 9.87. The molecule has 1 saturated heterocycles. The van der Waals surface area contributed by atoms with E-state index >= 15 is 0 Å². The summed E-state index contributed by atoms with van der Waals surface area (Å²) in [4.78, 5) is 38.4. The van der Waals surface area contributed by atoms with Crippen molar-refractivity contribution in [3.05, 3.63) is 23.8 Å². The Morgan fingerprint density at radius 2 is 1.88 bits per heavy atom. The van der Waals surface area contributed by atoms with Crippen molar-refractivity contribution >= 4 is 23.3 Å². The fourth-order valence-electron chi connectivity index (χ4n) is 3.29. The summed E-state index contributed by atoms with van der Waals surface area (Å²) < 4.78 is 5.32. The van der Waals surface area contributed by atoms with Crippen LogP contribution in [-0.4, -0.2) is 42.2 Å². The van der Waals surface area contributed by atoms with E-state index in [2.05, 4.69) is 5.32 Å². The number of nitrogens with zero attached hydrogens (tertiary/aromatic N) is 1. The van der Waals surface area contributed by atoms with E-state index in [9.17, 15) is 14.4 Å². The fraction of sp³-hybridized carbons (Fsp3) is 0.526. The predicted octanol–water partition coefficient (Wildman–Crippen LogP) is 2.48. The van der Waals surface area contributed by atoms with Crippen molar-refractivity contribution in [3.63, 3.8) is 0 Å². The van der Waals surface area contributed by atoms with Crippen molar-refractivity contribution in [1.82, 2.24) is 4.90 Å². The highest BCUT2D eigenvalue weighted by atomic mass is 16.5. The van der Waals surface area contributed by atoms with Crippen LogP contribution in [0, 0.1) is 11.3 Å². The normalized spacial score (nSPS) is 18.2. The van der Waals surface area contributed by atoms with Gasteiger partial charge in [-0.2, -0.15) is 0 Å². The first-order valence-corrected chi connectivity index (χ1v) is 8.66. The summed E-state index contributed by atoms with van der Waals surface area (Å²) in [5, 5.41) is 2.73. The van der Waals surface area contributed by atoms with Gasteiger partial charge in [-0.15, -0.1) is 0 Å². The van der Waals surface area contributed by atoms with Gasteiger partial charge in [0.15, 0.2) is 12.4 Å². The number of rotatable bonds is 2. The number of anilines is 1. The fourth-order valence-corrected chi connectivity index (χ4v) is 3.29. The Hall–Kier alpha value is -2.37. The second kappa shape index (κ2) is 6.50. The Kier molecular flexibility index (Phi) is 4.54. The molecule has 134 valence electrons. The summed E-state index contributed by atoms with van der Waals surface area (Å²) in [5.41, 5.74) is 0.723. The molecular formula is C19H24N2O4. The lowest BCUT2D eigenvalue weighted by molar-refractivity contribution is -0.140. The first-order chi connectivity index (χ1) is 11.8. The molecule has 0 aliphatic carbocycles. The number of carbonyl (C=O) groups excluding carboxylic acids is 3. The van der Waals surface area contributed by atoms with E-state index in [1.807, 2.05) is 25.7 Å². The molecule has 0 spiro atoms. The van der Waals surface area contributed by atoms with Crippen LogP contribution in [-0.2, 0) is 9.59 Å². The lowest BCUT2D eigenvalue weighted by Crippen LogP contribution is -2.45. The Morgan fingerprint density at radius 1 is 1.20 bits per heavy atom. The number of Topliss-reactive ketones (excluding diaryl/α,β-unsaturated/α-hetero) is 1. The smallest absolute Gasteiger partial charge is 0.262 e. The van der Waals surface area contributed by atoms with E-state index in [-0.39, 0.29) is 30.1 Å². The average Bonchev–Trinajstić information content (AvgIpc) is 2.59. The van der Waals surface area contributed by atoms with Crippen LogP contribution in [0.1, 0.15) is 44.0 Å². The van der Waals surface area contributed by atoms with Gasteiger partial charge in [0.25, 0.3) is 5.91 Å². The van der Waals surface area contributed by atoms with Crippen LogP contribution in [0.25, 0.3) is 0 Å². The van der Waals surface area contributed by atoms with Gasteiger partial charge in [-0.1, -0.05) is 20.8 Å². The molecular weight excluding hydrogens is 320 g/mol. The van der Waals surface area contributed by atoms with Gasteiger partial charge >= 0.3 is 0 Å². The lowest BCUT2D eigenvalue weighted by Gasteiger charge is -2.35. The van der Waals surface area contributed by atoms with Crippen LogP contribution in [0.4, 0.5) is 5.69 Å². The molecule has 0 radical (unpaired) electrons. The minimum absolute atomic E-state index is 0.000554. The molecule has 6 nitrogen and oxygen atoms in total. The number of nitrogens with one attached hydrogen (secondary N) is 1. The maximum Gasteiger partial charge on any atom is 0.262 e. The molecule has 6 heteroatoms. The molecule has 0 unspecified atom stereocenters. The number of piperidine rings is 1. The number of fused-ring (bicyclic) bond motifs is 1. The number of amides is 2.